The van der Waals surface area contributed by atoms with E-state index in [9.17, 15) is 4.79 Å². The van der Waals surface area contributed by atoms with Crippen molar-refractivity contribution in [3.8, 4) is 17.2 Å². The van der Waals surface area contributed by atoms with Crippen LogP contribution in [0.25, 0.3) is 5.57 Å². The maximum atomic E-state index is 13.5. The Morgan fingerprint density at radius 2 is 1.61 bits per heavy atom. The van der Waals surface area contributed by atoms with Crippen molar-refractivity contribution in [2.45, 2.75) is 71.5 Å². The number of hydrogen-bond donors (Lipinski definition) is 0. The third-order valence-electron chi connectivity index (χ3n) is 6.86. The predicted molar refractivity (Wildman–Crippen MR) is 157 cm³/mol. The number of rotatable bonds is 5. The van der Waals surface area contributed by atoms with Crippen molar-refractivity contribution in [2.75, 3.05) is 11.5 Å². The first-order valence-corrected chi connectivity index (χ1v) is 19.1. The summed E-state index contributed by atoms with van der Waals surface area (Å²) in [4.78, 5) is 15.2. The molecule has 6 heteroatoms. The minimum Gasteiger partial charge on any atom is -0.416 e. The van der Waals surface area contributed by atoms with Crippen molar-refractivity contribution in [1.29, 1.82) is 0 Å². The average molecular weight is 520 g/mol. The fourth-order valence-corrected chi connectivity index (χ4v) is 5.41. The van der Waals surface area contributed by atoms with Gasteiger partial charge >= 0.3 is 6.09 Å². The van der Waals surface area contributed by atoms with Gasteiger partial charge in [-0.15, -0.1) is 5.54 Å². The molecule has 0 fully saturated rings. The molecule has 0 saturated carbocycles. The van der Waals surface area contributed by atoms with Crippen LogP contribution in [0.2, 0.25) is 37.8 Å². The van der Waals surface area contributed by atoms with Crippen molar-refractivity contribution < 1.29 is 14.0 Å². The number of carbonyl (C=O) groups is 1. The molecule has 1 aliphatic rings. The Balaban J connectivity index is 2.01. The number of amides is 1. The number of anilines is 1. The third-order valence-corrected chi connectivity index (χ3v) is 12.3. The van der Waals surface area contributed by atoms with Crippen LogP contribution in [0.15, 0.2) is 60.7 Å². The van der Waals surface area contributed by atoms with Gasteiger partial charge in [-0.2, -0.15) is 0 Å². The highest BCUT2D eigenvalue weighted by Crippen LogP contribution is 2.41. The Morgan fingerprint density at radius 1 is 1.00 bits per heavy atom. The second kappa shape index (κ2) is 10.8. The molecule has 1 amide bonds. The second-order valence-electron chi connectivity index (χ2n) is 12.1. The average Bonchev–Trinajstić information content (AvgIpc) is 2.79. The van der Waals surface area contributed by atoms with Crippen molar-refractivity contribution in [1.82, 2.24) is 0 Å². The molecular weight excluding hydrogens is 479 g/mol. The fourth-order valence-electron chi connectivity index (χ4n) is 3.73. The van der Waals surface area contributed by atoms with E-state index in [0.717, 1.165) is 11.3 Å². The lowest BCUT2D eigenvalue weighted by atomic mass is 9.88. The Labute approximate surface area is 219 Å². The van der Waals surface area contributed by atoms with Gasteiger partial charge in [0, 0.05) is 18.1 Å². The van der Waals surface area contributed by atoms with Crippen molar-refractivity contribution in [2.24, 2.45) is 5.92 Å². The Morgan fingerprint density at radius 3 is 2.22 bits per heavy atom. The van der Waals surface area contributed by atoms with Crippen LogP contribution in [-0.2, 0) is 4.43 Å². The maximum absolute atomic E-state index is 13.5. The lowest BCUT2D eigenvalue weighted by molar-refractivity contribution is 0.207. The molecule has 3 rings (SSSR count). The summed E-state index contributed by atoms with van der Waals surface area (Å²) in [6.07, 6.45) is 1.71. The van der Waals surface area contributed by atoms with E-state index in [1.165, 1.54) is 5.57 Å². The smallest absolute Gasteiger partial charge is 0.416 e. The van der Waals surface area contributed by atoms with Crippen LogP contribution < -0.4 is 9.64 Å². The van der Waals surface area contributed by atoms with Gasteiger partial charge in [0.1, 0.15) is 19.9 Å². The van der Waals surface area contributed by atoms with Crippen LogP contribution in [0.4, 0.5) is 10.5 Å². The van der Waals surface area contributed by atoms with Crippen LogP contribution >= 0.6 is 0 Å². The third kappa shape index (κ3) is 6.79. The van der Waals surface area contributed by atoms with Gasteiger partial charge in [0.05, 0.1) is 5.69 Å². The van der Waals surface area contributed by atoms with Gasteiger partial charge in [-0.25, -0.2) is 4.79 Å². The molecule has 192 valence electrons. The van der Waals surface area contributed by atoms with E-state index in [2.05, 4.69) is 84.0 Å². The summed E-state index contributed by atoms with van der Waals surface area (Å²) in [5.41, 5.74) is 6.50. The topological polar surface area (TPSA) is 38.8 Å². The molecule has 0 N–H and O–H groups in total. The number of fused-ring (bicyclic) bond motifs is 1. The molecule has 0 bridgehead atoms. The van der Waals surface area contributed by atoms with Crippen LogP contribution in [0.3, 0.4) is 0 Å². The summed E-state index contributed by atoms with van der Waals surface area (Å²) in [6, 6.07) is 16.8. The van der Waals surface area contributed by atoms with Crippen molar-refractivity contribution in [3.05, 3.63) is 66.2 Å². The Kier molecular flexibility index (Phi) is 8.39. The van der Waals surface area contributed by atoms with Crippen molar-refractivity contribution in [3.63, 3.8) is 0 Å². The van der Waals surface area contributed by atoms with Gasteiger partial charge < -0.3 is 9.16 Å². The summed E-state index contributed by atoms with van der Waals surface area (Å²) in [5.74, 6) is 4.10. The van der Waals surface area contributed by atoms with Gasteiger partial charge in [0.15, 0.2) is 8.32 Å². The molecule has 1 heterocycles. The number of carbonyl (C=O) groups excluding carboxylic acids is 1. The molecular formula is C30H41NO3Si2. The zero-order valence-electron chi connectivity index (χ0n) is 23.3. The van der Waals surface area contributed by atoms with Gasteiger partial charge in [-0.3, -0.25) is 4.90 Å². The zero-order valence-corrected chi connectivity index (χ0v) is 25.3. The zero-order chi connectivity index (χ0) is 26.7. The van der Waals surface area contributed by atoms with Gasteiger partial charge in [-0.1, -0.05) is 89.7 Å². The summed E-state index contributed by atoms with van der Waals surface area (Å²) < 4.78 is 12.4. The number of benzene rings is 2. The number of hydrogen-bond acceptors (Lipinski definition) is 3. The van der Waals surface area contributed by atoms with Gasteiger partial charge in [0.25, 0.3) is 0 Å². The standard InChI is InChI=1S/C30H41NO3Si2/c1-23(22-33-36(8,9)30(2,3)4)27-21-24(19-20-35(5,6)7)31(28-18-14-13-17-26(27)28)29(32)34-25-15-11-10-12-16-25/h10-18,21,23-24H,22H2,1-9H3/t23-,24+/m1/s1. The van der Waals surface area contributed by atoms with E-state index >= 15 is 0 Å². The molecule has 0 aliphatic carbocycles. The first-order chi connectivity index (χ1) is 16.7. The predicted octanol–water partition coefficient (Wildman–Crippen LogP) is 8.00. The lowest BCUT2D eigenvalue weighted by Gasteiger charge is -2.38. The summed E-state index contributed by atoms with van der Waals surface area (Å²) in [7, 11) is -3.56. The van der Waals surface area contributed by atoms with E-state index < -0.39 is 28.5 Å². The lowest BCUT2D eigenvalue weighted by Crippen LogP contribution is -2.44. The van der Waals surface area contributed by atoms with Gasteiger partial charge in [-0.05, 0) is 48.0 Å². The monoisotopic (exact) mass is 519 g/mol. The highest BCUT2D eigenvalue weighted by molar-refractivity contribution is 6.83. The molecule has 0 radical (unpaired) electrons. The molecule has 1 aliphatic heterocycles. The van der Waals surface area contributed by atoms with Crippen LogP contribution in [0, 0.1) is 17.4 Å². The first kappa shape index (κ1) is 28.0. The van der Waals surface area contributed by atoms with Gasteiger partial charge in [0.2, 0.25) is 0 Å². The summed E-state index contributed by atoms with van der Waals surface area (Å²) >= 11 is 0. The number of ether oxygens (including phenoxy) is 1. The molecule has 0 saturated heterocycles. The van der Waals surface area contributed by atoms with Crippen LogP contribution in [-0.4, -0.2) is 35.1 Å². The maximum Gasteiger partial charge on any atom is 0.421 e. The van der Waals surface area contributed by atoms with E-state index in [-0.39, 0.29) is 11.0 Å². The molecule has 4 nitrogen and oxygen atoms in total. The molecule has 2 aromatic rings. The summed E-state index contributed by atoms with van der Waals surface area (Å²) in [5, 5.41) is 0.148. The van der Waals surface area contributed by atoms with E-state index in [4.69, 9.17) is 9.16 Å². The minimum atomic E-state index is -1.89. The SMILES string of the molecule is C[C@H](CO[Si](C)(C)C(C)(C)C)C1=C[C@H](C#C[Si](C)(C)C)N(C(=O)Oc2ccccc2)c2ccccc21. The Hall–Kier alpha value is -2.60. The normalized spacial score (nSPS) is 16.9. The first-order valence-electron chi connectivity index (χ1n) is 12.7. The van der Waals surface area contributed by atoms with Crippen LogP contribution in [0.5, 0.6) is 5.75 Å². The van der Waals surface area contributed by atoms with E-state index in [1.807, 2.05) is 36.4 Å². The Bertz CT molecular complexity index is 1160. The minimum absolute atomic E-state index is 0.148. The van der Waals surface area contributed by atoms with Crippen LogP contribution in [0.1, 0.15) is 33.3 Å². The molecule has 2 aromatic carbocycles. The highest BCUT2D eigenvalue weighted by atomic mass is 28.4. The largest absolute Gasteiger partial charge is 0.421 e. The molecule has 0 spiro atoms. The quantitative estimate of drug-likeness (QED) is 0.297. The van der Waals surface area contributed by atoms with Crippen molar-refractivity contribution >= 4 is 33.7 Å². The highest BCUT2D eigenvalue weighted by Gasteiger charge is 2.38. The number of nitrogens with zero attached hydrogens (tertiary/aromatic N) is 1. The molecule has 2 atom stereocenters. The molecule has 36 heavy (non-hydrogen) atoms. The molecule has 0 unspecified atom stereocenters. The number of para-hydroxylation sites is 2. The molecule has 0 aromatic heterocycles. The fraction of sp³-hybridized carbons (Fsp3) is 0.433. The second-order valence-corrected chi connectivity index (χ2v) is 21.7. The van der Waals surface area contributed by atoms with E-state index in [1.54, 1.807) is 17.0 Å². The summed E-state index contributed by atoms with van der Waals surface area (Å²) in [6.45, 7) is 20.8. The van der Waals surface area contributed by atoms with E-state index in [0.29, 0.717) is 12.4 Å².